The van der Waals surface area contributed by atoms with Gasteiger partial charge in [0.15, 0.2) is 0 Å². The van der Waals surface area contributed by atoms with Gasteiger partial charge in [0.1, 0.15) is 5.82 Å². The molecule has 0 aliphatic carbocycles. The van der Waals surface area contributed by atoms with Crippen molar-refractivity contribution < 1.29 is 0 Å². The lowest BCUT2D eigenvalue weighted by molar-refractivity contribution is 0.475. The van der Waals surface area contributed by atoms with E-state index in [2.05, 4.69) is 46.8 Å². The van der Waals surface area contributed by atoms with Gasteiger partial charge < -0.3 is 9.88 Å². The number of nitrogens with zero attached hydrogens (tertiary/aromatic N) is 2. The van der Waals surface area contributed by atoms with Gasteiger partial charge in [-0.15, -0.1) is 0 Å². The number of aryl methyl sites for hydroxylation is 1. The van der Waals surface area contributed by atoms with E-state index in [-0.39, 0.29) is 0 Å². The third kappa shape index (κ3) is 2.43. The third-order valence-corrected chi connectivity index (χ3v) is 4.72. The highest BCUT2D eigenvalue weighted by Gasteiger charge is 2.27. The summed E-state index contributed by atoms with van der Waals surface area (Å²) in [6, 6.07) is 0.403. The van der Waals surface area contributed by atoms with Crippen LogP contribution in [0.3, 0.4) is 0 Å². The lowest BCUT2D eigenvalue weighted by atomic mass is 10.1. The van der Waals surface area contributed by atoms with Crippen LogP contribution in [0.2, 0.25) is 0 Å². The van der Waals surface area contributed by atoms with Crippen molar-refractivity contribution >= 4 is 11.8 Å². The molecular formula is C12H21N3S. The second-order valence-electron chi connectivity index (χ2n) is 4.24. The van der Waals surface area contributed by atoms with Crippen LogP contribution in [0.1, 0.15) is 38.1 Å². The fraction of sp³-hybridized carbons (Fsp3) is 0.750. The highest BCUT2D eigenvalue weighted by atomic mass is 32.2. The molecule has 2 rings (SSSR count). The molecule has 0 spiro atoms. The van der Waals surface area contributed by atoms with Gasteiger partial charge >= 0.3 is 0 Å². The number of hydrogen-bond donors (Lipinski definition) is 1. The van der Waals surface area contributed by atoms with Crippen molar-refractivity contribution in [1.29, 1.82) is 0 Å². The van der Waals surface area contributed by atoms with E-state index in [0.29, 0.717) is 11.3 Å². The van der Waals surface area contributed by atoms with E-state index in [4.69, 9.17) is 0 Å². The number of thioether (sulfide) groups is 1. The number of imidazole rings is 1. The topological polar surface area (TPSA) is 29.9 Å². The first-order valence-electron chi connectivity index (χ1n) is 6.16. The first kappa shape index (κ1) is 12.0. The van der Waals surface area contributed by atoms with E-state index in [1.165, 1.54) is 30.8 Å². The van der Waals surface area contributed by atoms with Crippen LogP contribution in [0, 0.1) is 0 Å². The molecule has 1 aromatic heterocycles. The van der Waals surface area contributed by atoms with Gasteiger partial charge in [0, 0.05) is 24.2 Å². The second kappa shape index (κ2) is 5.73. The number of nitrogens with one attached hydrogen (secondary N) is 1. The molecule has 0 radical (unpaired) electrons. The summed E-state index contributed by atoms with van der Waals surface area (Å²) in [5.74, 6) is 2.50. The normalized spacial score (nSPS) is 23.2. The van der Waals surface area contributed by atoms with Crippen LogP contribution in [0.15, 0.2) is 12.4 Å². The predicted octanol–water partition coefficient (Wildman–Crippen LogP) is 2.45. The van der Waals surface area contributed by atoms with Crippen LogP contribution in [0.4, 0.5) is 0 Å². The molecule has 2 heterocycles. The average molecular weight is 239 g/mol. The molecule has 0 amide bonds. The van der Waals surface area contributed by atoms with Crippen LogP contribution in [-0.4, -0.2) is 27.6 Å². The third-order valence-electron chi connectivity index (χ3n) is 3.26. The molecule has 1 N–H and O–H groups in total. The Kier molecular flexibility index (Phi) is 4.29. The molecule has 0 bridgehead atoms. The van der Waals surface area contributed by atoms with Crippen molar-refractivity contribution in [2.75, 3.05) is 12.8 Å². The fourth-order valence-corrected chi connectivity index (χ4v) is 3.83. The van der Waals surface area contributed by atoms with Gasteiger partial charge in [-0.3, -0.25) is 0 Å². The molecule has 0 saturated carbocycles. The van der Waals surface area contributed by atoms with Crippen molar-refractivity contribution in [3.05, 3.63) is 18.2 Å². The van der Waals surface area contributed by atoms with Crippen molar-refractivity contribution in [3.63, 3.8) is 0 Å². The number of rotatable bonds is 4. The van der Waals surface area contributed by atoms with Gasteiger partial charge in [0.05, 0.1) is 6.04 Å². The quantitative estimate of drug-likeness (QED) is 0.875. The molecule has 16 heavy (non-hydrogen) atoms. The van der Waals surface area contributed by atoms with Crippen LogP contribution >= 0.6 is 11.8 Å². The number of hydrogen-bond acceptors (Lipinski definition) is 3. The van der Waals surface area contributed by atoms with Crippen LogP contribution in [-0.2, 0) is 6.54 Å². The molecule has 2 atom stereocenters. The smallest absolute Gasteiger partial charge is 0.126 e. The van der Waals surface area contributed by atoms with E-state index in [1.54, 1.807) is 0 Å². The highest BCUT2D eigenvalue weighted by Crippen LogP contribution is 2.33. The Labute approximate surface area is 102 Å². The van der Waals surface area contributed by atoms with E-state index in [1.807, 2.05) is 6.20 Å². The second-order valence-corrected chi connectivity index (χ2v) is 5.59. The minimum Gasteiger partial charge on any atom is -0.334 e. The fourth-order valence-electron chi connectivity index (χ4n) is 2.38. The van der Waals surface area contributed by atoms with Gasteiger partial charge in [-0.2, -0.15) is 11.8 Å². The van der Waals surface area contributed by atoms with E-state index in [9.17, 15) is 0 Å². The van der Waals surface area contributed by atoms with Gasteiger partial charge in [0.25, 0.3) is 0 Å². The summed E-state index contributed by atoms with van der Waals surface area (Å²) in [6.45, 7) is 3.18. The Morgan fingerprint density at radius 2 is 2.50 bits per heavy atom. The highest BCUT2D eigenvalue weighted by molar-refractivity contribution is 8.00. The lowest BCUT2D eigenvalue weighted by Crippen LogP contribution is -2.31. The van der Waals surface area contributed by atoms with Gasteiger partial charge in [-0.05, 0) is 32.6 Å². The molecule has 1 saturated heterocycles. The zero-order valence-corrected chi connectivity index (χ0v) is 11.0. The van der Waals surface area contributed by atoms with Crippen LogP contribution < -0.4 is 5.32 Å². The van der Waals surface area contributed by atoms with Crippen LogP contribution in [0.5, 0.6) is 0 Å². The summed E-state index contributed by atoms with van der Waals surface area (Å²) in [5, 5.41) is 4.13. The summed E-state index contributed by atoms with van der Waals surface area (Å²) in [5.41, 5.74) is 0. The maximum Gasteiger partial charge on any atom is 0.126 e. The Bertz CT molecular complexity index is 318. The van der Waals surface area contributed by atoms with Gasteiger partial charge in [-0.1, -0.05) is 6.42 Å². The molecule has 1 aliphatic rings. The molecule has 90 valence electrons. The Morgan fingerprint density at radius 1 is 1.62 bits per heavy atom. The SMILES string of the molecule is CCn1ccnc1C(NC)C1CCCCS1. The van der Waals surface area contributed by atoms with Gasteiger partial charge in [0.2, 0.25) is 0 Å². The van der Waals surface area contributed by atoms with Crippen molar-refractivity contribution in [2.24, 2.45) is 0 Å². The number of aromatic nitrogens is 2. The van der Waals surface area contributed by atoms with Crippen molar-refractivity contribution in [2.45, 2.75) is 44.0 Å². The van der Waals surface area contributed by atoms with Crippen molar-refractivity contribution in [3.8, 4) is 0 Å². The van der Waals surface area contributed by atoms with E-state index >= 15 is 0 Å². The first-order valence-corrected chi connectivity index (χ1v) is 7.21. The molecular weight excluding hydrogens is 218 g/mol. The summed E-state index contributed by atoms with van der Waals surface area (Å²) in [4.78, 5) is 4.52. The maximum atomic E-state index is 4.52. The Balaban J connectivity index is 2.14. The summed E-state index contributed by atoms with van der Waals surface area (Å²) in [7, 11) is 2.05. The van der Waals surface area contributed by atoms with Gasteiger partial charge in [-0.25, -0.2) is 4.98 Å². The molecule has 1 aromatic rings. The molecule has 3 nitrogen and oxygen atoms in total. The summed E-state index contributed by atoms with van der Waals surface area (Å²) >= 11 is 2.10. The van der Waals surface area contributed by atoms with Crippen LogP contribution in [0.25, 0.3) is 0 Å². The molecule has 0 aromatic carbocycles. The lowest BCUT2D eigenvalue weighted by Gasteiger charge is -2.29. The maximum absolute atomic E-state index is 4.52. The Hall–Kier alpha value is -0.480. The summed E-state index contributed by atoms with van der Waals surface area (Å²) in [6.07, 6.45) is 8.04. The largest absolute Gasteiger partial charge is 0.334 e. The summed E-state index contributed by atoms with van der Waals surface area (Å²) < 4.78 is 2.25. The zero-order valence-electron chi connectivity index (χ0n) is 10.1. The minimum absolute atomic E-state index is 0.403. The molecule has 1 fully saturated rings. The average Bonchev–Trinajstić information content (AvgIpc) is 2.80. The van der Waals surface area contributed by atoms with E-state index in [0.717, 1.165) is 6.54 Å². The Morgan fingerprint density at radius 3 is 3.12 bits per heavy atom. The minimum atomic E-state index is 0.403. The van der Waals surface area contributed by atoms with Crippen molar-refractivity contribution in [1.82, 2.24) is 14.9 Å². The zero-order chi connectivity index (χ0) is 11.4. The standard InChI is InChI=1S/C12H21N3S/c1-3-15-8-7-14-12(15)11(13-2)10-6-4-5-9-16-10/h7-8,10-11,13H,3-6,9H2,1-2H3. The van der Waals surface area contributed by atoms with E-state index < -0.39 is 0 Å². The predicted molar refractivity (Wildman–Crippen MR) is 69.8 cm³/mol. The molecule has 4 heteroatoms. The molecule has 2 unspecified atom stereocenters. The first-order chi connectivity index (χ1) is 7.86. The monoisotopic (exact) mass is 239 g/mol. The molecule has 1 aliphatic heterocycles.